The molecule has 0 saturated heterocycles. The van der Waals surface area contributed by atoms with Crippen LogP contribution in [-0.4, -0.2) is 11.5 Å². The van der Waals surface area contributed by atoms with Gasteiger partial charge in [-0.2, -0.15) is 0 Å². The summed E-state index contributed by atoms with van der Waals surface area (Å²) in [6.45, 7) is 1.91. The Morgan fingerprint density at radius 3 is 3.13 bits per heavy atom. The Kier molecular flexibility index (Phi) is 1.99. The molecule has 3 heteroatoms. The molecule has 0 unspecified atom stereocenters. The van der Waals surface area contributed by atoms with Crippen LogP contribution in [0.15, 0.2) is 18.2 Å². The van der Waals surface area contributed by atoms with Crippen molar-refractivity contribution in [2.75, 3.05) is 6.54 Å². The third kappa shape index (κ3) is 1.43. The molecule has 2 heterocycles. The summed E-state index contributed by atoms with van der Waals surface area (Å²) in [7, 11) is 0. The molecule has 0 amide bonds. The number of aromatic nitrogens is 1. The van der Waals surface area contributed by atoms with Gasteiger partial charge in [-0.05, 0) is 43.1 Å². The minimum Gasteiger partial charge on any atom is -0.357 e. The molecule has 0 aliphatic carbocycles. The number of rotatable bonds is 0. The standard InChI is InChI=1S/C12H13FN2/c13-8-3-4-11-10(6-8)9-2-1-5-14-7-12(9)15-11/h3-4,6,14-15H,1-2,5,7H2. The van der Waals surface area contributed by atoms with E-state index in [0.717, 1.165) is 36.8 Å². The second-order valence-corrected chi connectivity index (χ2v) is 4.05. The van der Waals surface area contributed by atoms with Crippen LogP contribution in [0, 0.1) is 5.82 Å². The molecule has 3 rings (SSSR count). The van der Waals surface area contributed by atoms with Gasteiger partial charge in [0.05, 0.1) is 0 Å². The van der Waals surface area contributed by atoms with Crippen LogP contribution < -0.4 is 5.32 Å². The molecule has 0 bridgehead atoms. The first kappa shape index (κ1) is 8.92. The zero-order chi connectivity index (χ0) is 10.3. The van der Waals surface area contributed by atoms with E-state index in [2.05, 4.69) is 10.3 Å². The minimum absolute atomic E-state index is 0.151. The molecule has 1 aliphatic heterocycles. The van der Waals surface area contributed by atoms with Crippen LogP contribution in [0.3, 0.4) is 0 Å². The van der Waals surface area contributed by atoms with Crippen LogP contribution in [0.25, 0.3) is 10.9 Å². The molecule has 2 aromatic rings. The lowest BCUT2D eigenvalue weighted by Crippen LogP contribution is -2.12. The van der Waals surface area contributed by atoms with Crippen LogP contribution in [0.5, 0.6) is 0 Å². The van der Waals surface area contributed by atoms with Gasteiger partial charge in [-0.15, -0.1) is 0 Å². The largest absolute Gasteiger partial charge is 0.357 e. The molecule has 0 fully saturated rings. The Labute approximate surface area is 87.5 Å². The molecule has 0 atom stereocenters. The maximum Gasteiger partial charge on any atom is 0.123 e. The van der Waals surface area contributed by atoms with Gasteiger partial charge in [0.1, 0.15) is 5.82 Å². The normalized spacial score (nSPS) is 16.3. The summed E-state index contributed by atoms with van der Waals surface area (Å²) < 4.78 is 13.2. The van der Waals surface area contributed by atoms with Crippen molar-refractivity contribution in [3.05, 3.63) is 35.3 Å². The zero-order valence-corrected chi connectivity index (χ0v) is 8.44. The van der Waals surface area contributed by atoms with Crippen molar-refractivity contribution >= 4 is 10.9 Å². The molecular formula is C12H13FN2. The van der Waals surface area contributed by atoms with Gasteiger partial charge in [-0.1, -0.05) is 0 Å². The van der Waals surface area contributed by atoms with Crippen LogP contribution in [-0.2, 0) is 13.0 Å². The number of halogens is 1. The number of aromatic amines is 1. The molecule has 2 nitrogen and oxygen atoms in total. The van der Waals surface area contributed by atoms with E-state index in [1.54, 1.807) is 6.07 Å². The molecule has 0 saturated carbocycles. The summed E-state index contributed by atoms with van der Waals surface area (Å²) in [5.41, 5.74) is 3.55. The quantitative estimate of drug-likeness (QED) is 0.677. The topological polar surface area (TPSA) is 27.8 Å². The zero-order valence-electron chi connectivity index (χ0n) is 8.44. The summed E-state index contributed by atoms with van der Waals surface area (Å²) in [6, 6.07) is 4.96. The second kappa shape index (κ2) is 3.35. The minimum atomic E-state index is -0.151. The number of H-pyrrole nitrogens is 1. The lowest BCUT2D eigenvalue weighted by atomic mass is 10.1. The average molecular weight is 204 g/mol. The number of nitrogens with one attached hydrogen (secondary N) is 2. The van der Waals surface area contributed by atoms with Gasteiger partial charge in [0.25, 0.3) is 0 Å². The van der Waals surface area contributed by atoms with E-state index in [4.69, 9.17) is 0 Å². The highest BCUT2D eigenvalue weighted by molar-refractivity contribution is 5.84. The number of fused-ring (bicyclic) bond motifs is 3. The van der Waals surface area contributed by atoms with Gasteiger partial charge in [0, 0.05) is 23.1 Å². The van der Waals surface area contributed by atoms with E-state index < -0.39 is 0 Å². The summed E-state index contributed by atoms with van der Waals surface area (Å²) in [5, 5.41) is 4.40. The van der Waals surface area contributed by atoms with Crippen molar-refractivity contribution in [2.24, 2.45) is 0 Å². The van der Waals surface area contributed by atoms with Crippen molar-refractivity contribution < 1.29 is 4.39 Å². The highest BCUT2D eigenvalue weighted by Gasteiger charge is 2.13. The predicted octanol–water partition coefficient (Wildman–Crippen LogP) is 2.34. The Morgan fingerprint density at radius 1 is 1.27 bits per heavy atom. The van der Waals surface area contributed by atoms with Crippen molar-refractivity contribution in [1.82, 2.24) is 10.3 Å². The monoisotopic (exact) mass is 204 g/mol. The van der Waals surface area contributed by atoms with E-state index in [9.17, 15) is 4.39 Å². The van der Waals surface area contributed by atoms with E-state index in [1.807, 2.05) is 6.07 Å². The van der Waals surface area contributed by atoms with Gasteiger partial charge >= 0.3 is 0 Å². The molecular weight excluding hydrogens is 191 g/mol. The van der Waals surface area contributed by atoms with Gasteiger partial charge in [0.2, 0.25) is 0 Å². The number of hydrogen-bond acceptors (Lipinski definition) is 1. The van der Waals surface area contributed by atoms with Gasteiger partial charge in [-0.25, -0.2) is 4.39 Å². The summed E-state index contributed by atoms with van der Waals surface area (Å²) in [5.74, 6) is -0.151. The second-order valence-electron chi connectivity index (χ2n) is 4.05. The smallest absolute Gasteiger partial charge is 0.123 e. The lowest BCUT2D eigenvalue weighted by molar-refractivity contribution is 0.629. The SMILES string of the molecule is Fc1ccc2[nH]c3c(c2c1)CCCNC3. The van der Waals surface area contributed by atoms with Gasteiger partial charge in [-0.3, -0.25) is 0 Å². The predicted molar refractivity (Wildman–Crippen MR) is 58.3 cm³/mol. The maximum absolute atomic E-state index is 13.2. The van der Waals surface area contributed by atoms with E-state index in [-0.39, 0.29) is 5.82 Å². The summed E-state index contributed by atoms with van der Waals surface area (Å²) in [4.78, 5) is 3.35. The molecule has 0 spiro atoms. The highest BCUT2D eigenvalue weighted by atomic mass is 19.1. The van der Waals surface area contributed by atoms with Crippen molar-refractivity contribution in [2.45, 2.75) is 19.4 Å². The van der Waals surface area contributed by atoms with E-state index >= 15 is 0 Å². The van der Waals surface area contributed by atoms with Gasteiger partial charge < -0.3 is 10.3 Å². The first-order valence-corrected chi connectivity index (χ1v) is 5.34. The molecule has 78 valence electrons. The van der Waals surface area contributed by atoms with Crippen molar-refractivity contribution in [1.29, 1.82) is 0 Å². The van der Waals surface area contributed by atoms with Crippen LogP contribution in [0.1, 0.15) is 17.7 Å². The van der Waals surface area contributed by atoms with Crippen LogP contribution >= 0.6 is 0 Å². The maximum atomic E-state index is 13.2. The van der Waals surface area contributed by atoms with E-state index in [0.29, 0.717) is 0 Å². The third-order valence-corrected chi connectivity index (χ3v) is 3.04. The number of hydrogen-bond donors (Lipinski definition) is 2. The first-order chi connectivity index (χ1) is 7.34. The van der Waals surface area contributed by atoms with Gasteiger partial charge in [0.15, 0.2) is 0 Å². The Hall–Kier alpha value is -1.35. The van der Waals surface area contributed by atoms with Crippen molar-refractivity contribution in [3.8, 4) is 0 Å². The molecule has 2 N–H and O–H groups in total. The van der Waals surface area contributed by atoms with Crippen LogP contribution in [0.2, 0.25) is 0 Å². The molecule has 1 aromatic heterocycles. The lowest BCUT2D eigenvalue weighted by Gasteiger charge is -1.97. The summed E-state index contributed by atoms with van der Waals surface area (Å²) in [6.07, 6.45) is 2.16. The molecule has 1 aliphatic rings. The molecule has 1 aromatic carbocycles. The average Bonchev–Trinajstić information content (AvgIpc) is 2.44. The molecule has 15 heavy (non-hydrogen) atoms. The van der Waals surface area contributed by atoms with E-state index in [1.165, 1.54) is 17.3 Å². The Morgan fingerprint density at radius 2 is 2.20 bits per heavy atom. The number of benzene rings is 1. The number of aryl methyl sites for hydroxylation is 1. The fourth-order valence-corrected chi connectivity index (χ4v) is 2.32. The third-order valence-electron chi connectivity index (χ3n) is 3.04. The molecule has 0 radical (unpaired) electrons. The fraction of sp³-hybridized carbons (Fsp3) is 0.333. The van der Waals surface area contributed by atoms with Crippen molar-refractivity contribution in [3.63, 3.8) is 0 Å². The fourth-order valence-electron chi connectivity index (χ4n) is 2.32. The highest BCUT2D eigenvalue weighted by Crippen LogP contribution is 2.25. The first-order valence-electron chi connectivity index (χ1n) is 5.34. The summed E-state index contributed by atoms with van der Waals surface area (Å²) >= 11 is 0. The Bertz CT molecular complexity index is 502. The van der Waals surface area contributed by atoms with Crippen LogP contribution in [0.4, 0.5) is 4.39 Å². The Balaban J connectivity index is 2.24.